The Hall–Kier alpha value is -1.54. The lowest BCUT2D eigenvalue weighted by molar-refractivity contribution is 0.492. The monoisotopic (exact) mass is 314 g/mol. The third-order valence-electron chi connectivity index (χ3n) is 3.45. The van der Waals surface area contributed by atoms with Crippen molar-refractivity contribution in [2.24, 2.45) is 0 Å². The molecule has 1 nitrogen and oxygen atoms in total. The minimum atomic E-state index is 0.0901. The van der Waals surface area contributed by atoms with Gasteiger partial charge in [0.05, 0.1) is 4.83 Å². The van der Waals surface area contributed by atoms with E-state index < -0.39 is 0 Å². The van der Waals surface area contributed by atoms with E-state index in [1.807, 2.05) is 19.1 Å². The van der Waals surface area contributed by atoms with E-state index in [1.165, 1.54) is 21.9 Å². The maximum Gasteiger partial charge on any atom is 0.122 e. The highest BCUT2D eigenvalue weighted by Gasteiger charge is 2.18. The molecule has 0 fully saturated rings. The highest BCUT2D eigenvalue weighted by molar-refractivity contribution is 9.09. The summed E-state index contributed by atoms with van der Waals surface area (Å²) in [5, 5.41) is 2.54. The number of furan rings is 1. The molecule has 3 rings (SSSR count). The molecule has 2 aromatic carbocycles. The molecule has 1 aromatic heterocycles. The van der Waals surface area contributed by atoms with E-state index in [4.69, 9.17) is 4.42 Å². The fourth-order valence-electron chi connectivity index (χ4n) is 2.47. The van der Waals surface area contributed by atoms with Crippen molar-refractivity contribution < 1.29 is 4.42 Å². The second-order valence-corrected chi connectivity index (χ2v) is 5.74. The number of hydrogen-bond donors (Lipinski definition) is 0. The van der Waals surface area contributed by atoms with E-state index in [0.717, 1.165) is 11.5 Å². The smallest absolute Gasteiger partial charge is 0.122 e. The van der Waals surface area contributed by atoms with Gasteiger partial charge in [0.1, 0.15) is 11.5 Å². The molecule has 0 N–H and O–H groups in total. The van der Waals surface area contributed by atoms with Crippen LogP contribution in [-0.4, -0.2) is 0 Å². The number of alkyl halides is 1. The number of halogens is 1. The highest BCUT2D eigenvalue weighted by atomic mass is 79.9. The van der Waals surface area contributed by atoms with Crippen LogP contribution in [0.3, 0.4) is 0 Å². The van der Waals surface area contributed by atoms with Crippen molar-refractivity contribution in [1.82, 2.24) is 0 Å². The molecule has 1 unspecified atom stereocenters. The van der Waals surface area contributed by atoms with Crippen LogP contribution in [0.5, 0.6) is 0 Å². The molecule has 0 amide bonds. The predicted molar refractivity (Wildman–Crippen MR) is 82.9 cm³/mol. The first kappa shape index (κ1) is 12.5. The van der Waals surface area contributed by atoms with Crippen molar-refractivity contribution in [2.75, 3.05) is 0 Å². The Morgan fingerprint density at radius 3 is 2.47 bits per heavy atom. The van der Waals surface area contributed by atoms with Gasteiger partial charge >= 0.3 is 0 Å². The maximum atomic E-state index is 5.76. The lowest BCUT2D eigenvalue weighted by Gasteiger charge is -2.14. The minimum absolute atomic E-state index is 0.0901. The van der Waals surface area contributed by atoms with Crippen LogP contribution in [0.25, 0.3) is 10.8 Å². The summed E-state index contributed by atoms with van der Waals surface area (Å²) in [6.45, 7) is 4.12. The number of rotatable bonds is 2. The van der Waals surface area contributed by atoms with Crippen LogP contribution >= 0.6 is 15.9 Å². The molecule has 1 heterocycles. The topological polar surface area (TPSA) is 13.1 Å². The van der Waals surface area contributed by atoms with Crippen molar-refractivity contribution in [1.29, 1.82) is 0 Å². The van der Waals surface area contributed by atoms with Crippen LogP contribution < -0.4 is 0 Å². The zero-order chi connectivity index (χ0) is 13.4. The summed E-state index contributed by atoms with van der Waals surface area (Å²) in [7, 11) is 0. The predicted octanol–water partition coefficient (Wildman–Crippen LogP) is 5.53. The Balaban J connectivity index is 2.21. The number of aryl methyl sites for hydroxylation is 2. The molecule has 96 valence electrons. The maximum absolute atomic E-state index is 5.76. The van der Waals surface area contributed by atoms with Crippen molar-refractivity contribution in [3.8, 4) is 0 Å². The van der Waals surface area contributed by atoms with Crippen molar-refractivity contribution in [2.45, 2.75) is 18.7 Å². The van der Waals surface area contributed by atoms with E-state index in [9.17, 15) is 0 Å². The Kier molecular flexibility index (Phi) is 3.19. The number of benzene rings is 2. The second-order valence-electron chi connectivity index (χ2n) is 4.83. The van der Waals surface area contributed by atoms with Crippen LogP contribution in [0.1, 0.15) is 27.5 Å². The quantitative estimate of drug-likeness (QED) is 0.566. The van der Waals surface area contributed by atoms with E-state index >= 15 is 0 Å². The fourth-order valence-corrected chi connectivity index (χ4v) is 3.33. The van der Waals surface area contributed by atoms with E-state index in [-0.39, 0.29) is 4.83 Å². The summed E-state index contributed by atoms with van der Waals surface area (Å²) in [5.74, 6) is 1.90. The van der Waals surface area contributed by atoms with Gasteiger partial charge in [-0.1, -0.05) is 52.3 Å². The molecular weight excluding hydrogens is 300 g/mol. The van der Waals surface area contributed by atoms with Gasteiger partial charge in [-0.2, -0.15) is 0 Å². The lowest BCUT2D eigenvalue weighted by atomic mass is 9.96. The van der Waals surface area contributed by atoms with Crippen LogP contribution in [0.2, 0.25) is 0 Å². The van der Waals surface area contributed by atoms with Crippen LogP contribution in [0.15, 0.2) is 52.9 Å². The molecule has 0 radical (unpaired) electrons. The van der Waals surface area contributed by atoms with E-state index in [2.05, 4.69) is 59.3 Å². The van der Waals surface area contributed by atoms with E-state index in [0.29, 0.717) is 0 Å². The number of hydrogen-bond acceptors (Lipinski definition) is 1. The van der Waals surface area contributed by atoms with Gasteiger partial charge in [-0.25, -0.2) is 0 Å². The molecule has 0 spiro atoms. The van der Waals surface area contributed by atoms with Gasteiger partial charge in [-0.05, 0) is 47.9 Å². The standard InChI is InChI=1S/C17H15BrO/c1-11-7-9-13-5-3-4-6-14(13)16(11)17(18)15-10-8-12(2)19-15/h3-10,17H,1-2H3. The second kappa shape index (κ2) is 4.86. The van der Waals surface area contributed by atoms with Gasteiger partial charge in [0, 0.05) is 0 Å². The molecule has 0 aliphatic carbocycles. The summed E-state index contributed by atoms with van der Waals surface area (Å²) >= 11 is 3.79. The first-order chi connectivity index (χ1) is 9.16. The van der Waals surface area contributed by atoms with Crippen molar-refractivity contribution in [3.05, 3.63) is 71.2 Å². The molecule has 1 atom stereocenters. The Labute approximate surface area is 121 Å². The van der Waals surface area contributed by atoms with E-state index in [1.54, 1.807) is 0 Å². The first-order valence-electron chi connectivity index (χ1n) is 6.35. The third kappa shape index (κ3) is 2.21. The van der Waals surface area contributed by atoms with Crippen LogP contribution in [0.4, 0.5) is 0 Å². The average molecular weight is 315 g/mol. The summed E-state index contributed by atoms with van der Waals surface area (Å²) in [4.78, 5) is 0.0901. The lowest BCUT2D eigenvalue weighted by Crippen LogP contribution is -1.96. The summed E-state index contributed by atoms with van der Waals surface area (Å²) < 4.78 is 5.76. The molecule has 0 bridgehead atoms. The zero-order valence-corrected chi connectivity index (χ0v) is 12.6. The minimum Gasteiger partial charge on any atom is -0.465 e. The normalized spacial score (nSPS) is 12.8. The molecule has 2 heteroatoms. The Morgan fingerprint density at radius 2 is 1.74 bits per heavy atom. The Morgan fingerprint density at radius 1 is 0.947 bits per heavy atom. The van der Waals surface area contributed by atoms with Gasteiger partial charge in [0.15, 0.2) is 0 Å². The average Bonchev–Trinajstić information content (AvgIpc) is 2.85. The number of fused-ring (bicyclic) bond motifs is 1. The molecule has 19 heavy (non-hydrogen) atoms. The zero-order valence-electron chi connectivity index (χ0n) is 11.0. The molecule has 0 saturated carbocycles. The van der Waals surface area contributed by atoms with Gasteiger partial charge in [0.2, 0.25) is 0 Å². The summed E-state index contributed by atoms with van der Waals surface area (Å²) in [6, 6.07) is 16.8. The molecule has 0 saturated heterocycles. The first-order valence-corrected chi connectivity index (χ1v) is 7.27. The van der Waals surface area contributed by atoms with Crippen molar-refractivity contribution >= 4 is 26.7 Å². The van der Waals surface area contributed by atoms with Crippen LogP contribution in [0, 0.1) is 13.8 Å². The molecule has 0 aliphatic rings. The highest BCUT2D eigenvalue weighted by Crippen LogP contribution is 2.38. The molecular formula is C17H15BrO. The van der Waals surface area contributed by atoms with Crippen molar-refractivity contribution in [3.63, 3.8) is 0 Å². The molecule has 3 aromatic rings. The summed E-state index contributed by atoms with van der Waals surface area (Å²) in [6.07, 6.45) is 0. The molecule has 0 aliphatic heterocycles. The largest absolute Gasteiger partial charge is 0.465 e. The van der Waals surface area contributed by atoms with Gasteiger partial charge < -0.3 is 4.42 Å². The third-order valence-corrected chi connectivity index (χ3v) is 4.36. The SMILES string of the molecule is Cc1ccc(C(Br)c2c(C)ccc3ccccc23)o1. The fraction of sp³-hybridized carbons (Fsp3) is 0.176. The van der Waals surface area contributed by atoms with Gasteiger partial charge in [-0.15, -0.1) is 0 Å². The summed E-state index contributed by atoms with van der Waals surface area (Å²) in [5.41, 5.74) is 2.56. The van der Waals surface area contributed by atoms with Crippen LogP contribution in [-0.2, 0) is 0 Å². The van der Waals surface area contributed by atoms with Gasteiger partial charge in [-0.3, -0.25) is 0 Å². The van der Waals surface area contributed by atoms with Gasteiger partial charge in [0.25, 0.3) is 0 Å². The Bertz CT molecular complexity index is 727.